The zero-order valence-electron chi connectivity index (χ0n) is 16.1. The van der Waals surface area contributed by atoms with Crippen LogP contribution >= 0.6 is 0 Å². The van der Waals surface area contributed by atoms with Gasteiger partial charge in [0.15, 0.2) is 0 Å². The Morgan fingerprint density at radius 3 is 2.32 bits per heavy atom. The molecule has 0 aromatic heterocycles. The topological polar surface area (TPSA) is 43.9 Å². The summed E-state index contributed by atoms with van der Waals surface area (Å²) in [5.41, 5.74) is -0.130. The summed E-state index contributed by atoms with van der Waals surface area (Å²) in [6.45, 7) is 10.1. The third-order valence-corrected chi connectivity index (χ3v) is 7.25. The van der Waals surface area contributed by atoms with Gasteiger partial charge in [-0.25, -0.2) is 0 Å². The van der Waals surface area contributed by atoms with E-state index in [0.717, 1.165) is 71.4 Å². The van der Waals surface area contributed by atoms with Crippen molar-refractivity contribution in [3.05, 3.63) is 0 Å². The summed E-state index contributed by atoms with van der Waals surface area (Å²) in [5, 5.41) is 0. The zero-order chi connectivity index (χ0) is 17.8. The third-order valence-electron chi connectivity index (χ3n) is 7.25. The van der Waals surface area contributed by atoms with Crippen LogP contribution in [-0.2, 0) is 9.59 Å². The number of hydrogen-bond acceptors (Lipinski definition) is 3. The first-order chi connectivity index (χ1) is 11.9. The predicted octanol–water partition coefficient (Wildman–Crippen LogP) is 1.83. The summed E-state index contributed by atoms with van der Waals surface area (Å²) in [6.07, 6.45) is 5.15. The summed E-state index contributed by atoms with van der Waals surface area (Å²) in [7, 11) is 1.96. The van der Waals surface area contributed by atoms with E-state index < -0.39 is 0 Å². The van der Waals surface area contributed by atoms with Gasteiger partial charge in [-0.1, -0.05) is 13.8 Å². The van der Waals surface area contributed by atoms with Crippen LogP contribution < -0.4 is 0 Å². The van der Waals surface area contributed by atoms with E-state index in [9.17, 15) is 9.59 Å². The molecule has 4 rings (SSSR count). The highest BCUT2D eigenvalue weighted by atomic mass is 16.2. The molecule has 2 amide bonds. The number of carbonyl (C=O) groups excluding carboxylic acids is 2. The van der Waals surface area contributed by atoms with Gasteiger partial charge in [-0.05, 0) is 38.0 Å². The van der Waals surface area contributed by atoms with Gasteiger partial charge < -0.3 is 14.7 Å². The molecule has 3 saturated heterocycles. The highest BCUT2D eigenvalue weighted by Crippen LogP contribution is 2.57. The lowest BCUT2D eigenvalue weighted by atomic mass is 9.60. The van der Waals surface area contributed by atoms with Crippen LogP contribution in [0.25, 0.3) is 0 Å². The summed E-state index contributed by atoms with van der Waals surface area (Å²) < 4.78 is 0. The van der Waals surface area contributed by atoms with Crippen LogP contribution in [0, 0.1) is 22.7 Å². The molecular formula is C20H33N3O2. The fraction of sp³-hybridized carbons (Fsp3) is 0.900. The van der Waals surface area contributed by atoms with E-state index in [0.29, 0.717) is 23.7 Å². The van der Waals surface area contributed by atoms with Gasteiger partial charge >= 0.3 is 0 Å². The van der Waals surface area contributed by atoms with Gasteiger partial charge in [-0.3, -0.25) is 9.59 Å². The average Bonchev–Trinajstić information content (AvgIpc) is 3.33. The Hall–Kier alpha value is -1.10. The Morgan fingerprint density at radius 1 is 1.12 bits per heavy atom. The van der Waals surface area contributed by atoms with Gasteiger partial charge in [0, 0.05) is 57.6 Å². The molecule has 5 nitrogen and oxygen atoms in total. The highest BCUT2D eigenvalue weighted by molar-refractivity contribution is 5.86. The van der Waals surface area contributed by atoms with Crippen molar-refractivity contribution < 1.29 is 9.59 Å². The maximum Gasteiger partial charge on any atom is 0.230 e. The van der Waals surface area contributed by atoms with Gasteiger partial charge in [0.2, 0.25) is 11.8 Å². The summed E-state index contributed by atoms with van der Waals surface area (Å²) in [4.78, 5) is 32.2. The van der Waals surface area contributed by atoms with E-state index in [1.807, 2.05) is 11.9 Å². The molecule has 5 heteroatoms. The van der Waals surface area contributed by atoms with Crippen LogP contribution in [-0.4, -0.2) is 72.8 Å². The van der Waals surface area contributed by atoms with Gasteiger partial charge in [0.25, 0.3) is 0 Å². The number of hydrogen-bond donors (Lipinski definition) is 0. The van der Waals surface area contributed by atoms with Crippen molar-refractivity contribution in [3.8, 4) is 0 Å². The van der Waals surface area contributed by atoms with Gasteiger partial charge in [0.05, 0.1) is 5.41 Å². The van der Waals surface area contributed by atoms with Crippen LogP contribution in [0.5, 0.6) is 0 Å². The maximum atomic E-state index is 13.2. The molecule has 4 fully saturated rings. The van der Waals surface area contributed by atoms with Crippen molar-refractivity contribution in [2.75, 3.05) is 46.3 Å². The minimum Gasteiger partial charge on any atom is -0.345 e. The molecular weight excluding hydrogens is 314 g/mol. The van der Waals surface area contributed by atoms with Crippen molar-refractivity contribution in [2.45, 2.75) is 46.0 Å². The van der Waals surface area contributed by atoms with Crippen LogP contribution in [0.1, 0.15) is 46.0 Å². The Bertz CT molecular complexity index is 563. The number of nitrogens with zero attached hydrogens (tertiary/aromatic N) is 3. The molecule has 1 atom stereocenters. The Labute approximate surface area is 151 Å². The number of likely N-dealkylation sites (tertiary alicyclic amines) is 3. The Morgan fingerprint density at radius 2 is 1.80 bits per heavy atom. The SMILES string of the molecule is CC(C)CN1CC2(CCN(C(=O)C3CC3)CC2)C2(CCN(C)C2=O)C1. The summed E-state index contributed by atoms with van der Waals surface area (Å²) in [5.74, 6) is 1.66. The molecule has 3 heterocycles. The van der Waals surface area contributed by atoms with Crippen molar-refractivity contribution in [3.63, 3.8) is 0 Å². The second-order valence-electron chi connectivity index (χ2n) is 9.50. The average molecular weight is 348 g/mol. The third kappa shape index (κ3) is 2.70. The number of rotatable bonds is 3. The normalized spacial score (nSPS) is 32.6. The largest absolute Gasteiger partial charge is 0.345 e. The molecule has 0 aromatic rings. The Balaban J connectivity index is 1.55. The lowest BCUT2D eigenvalue weighted by Gasteiger charge is -2.47. The fourth-order valence-corrected chi connectivity index (χ4v) is 5.78. The second-order valence-corrected chi connectivity index (χ2v) is 9.50. The quantitative estimate of drug-likeness (QED) is 0.782. The second kappa shape index (κ2) is 5.97. The summed E-state index contributed by atoms with van der Waals surface area (Å²) >= 11 is 0. The van der Waals surface area contributed by atoms with E-state index in [-0.39, 0.29) is 10.8 Å². The first-order valence-corrected chi connectivity index (χ1v) is 10.1. The maximum absolute atomic E-state index is 13.2. The van der Waals surface area contributed by atoms with Crippen molar-refractivity contribution >= 4 is 11.8 Å². The lowest BCUT2D eigenvalue weighted by molar-refractivity contribution is -0.143. The molecule has 4 aliphatic rings. The smallest absolute Gasteiger partial charge is 0.230 e. The molecule has 0 radical (unpaired) electrons. The van der Waals surface area contributed by atoms with E-state index in [4.69, 9.17) is 0 Å². The first-order valence-electron chi connectivity index (χ1n) is 10.1. The van der Waals surface area contributed by atoms with E-state index in [2.05, 4.69) is 23.6 Å². The molecule has 0 bridgehead atoms. The minimum absolute atomic E-state index is 0.0735. The molecule has 0 N–H and O–H groups in total. The molecule has 1 saturated carbocycles. The number of amides is 2. The lowest BCUT2D eigenvalue weighted by Crippen LogP contribution is -2.53. The number of carbonyl (C=O) groups is 2. The highest BCUT2D eigenvalue weighted by Gasteiger charge is 2.64. The molecule has 3 aliphatic heterocycles. The monoisotopic (exact) mass is 347 g/mol. The molecule has 1 aliphatic carbocycles. The van der Waals surface area contributed by atoms with E-state index >= 15 is 0 Å². The van der Waals surface area contributed by atoms with Crippen LogP contribution in [0.3, 0.4) is 0 Å². The Kier molecular flexibility index (Phi) is 4.13. The molecule has 1 unspecified atom stereocenters. The van der Waals surface area contributed by atoms with Crippen molar-refractivity contribution in [2.24, 2.45) is 22.7 Å². The van der Waals surface area contributed by atoms with Crippen LogP contribution in [0.4, 0.5) is 0 Å². The molecule has 0 aromatic carbocycles. The molecule has 25 heavy (non-hydrogen) atoms. The molecule has 140 valence electrons. The number of piperidine rings is 1. The summed E-state index contributed by atoms with van der Waals surface area (Å²) in [6, 6.07) is 0. The number of fused-ring (bicyclic) bond motifs is 1. The predicted molar refractivity (Wildman–Crippen MR) is 96.9 cm³/mol. The molecule has 2 spiro atoms. The van der Waals surface area contributed by atoms with Gasteiger partial charge in [0.1, 0.15) is 0 Å². The van der Waals surface area contributed by atoms with Gasteiger partial charge in [-0.2, -0.15) is 0 Å². The zero-order valence-corrected chi connectivity index (χ0v) is 16.1. The fourth-order valence-electron chi connectivity index (χ4n) is 5.78. The van der Waals surface area contributed by atoms with Crippen LogP contribution in [0.15, 0.2) is 0 Å². The van der Waals surface area contributed by atoms with Gasteiger partial charge in [-0.15, -0.1) is 0 Å². The first kappa shape index (κ1) is 17.3. The minimum atomic E-state index is -0.203. The van der Waals surface area contributed by atoms with Crippen molar-refractivity contribution in [1.82, 2.24) is 14.7 Å². The standard InChI is InChI=1S/C20H33N3O2/c1-15(2)12-22-13-19(20(14-22)8-9-21(3)18(20)25)6-10-23(11-7-19)17(24)16-4-5-16/h15-16H,4-14H2,1-3H3. The van der Waals surface area contributed by atoms with Crippen molar-refractivity contribution in [1.29, 1.82) is 0 Å². The van der Waals surface area contributed by atoms with Crippen LogP contribution in [0.2, 0.25) is 0 Å². The van der Waals surface area contributed by atoms with E-state index in [1.54, 1.807) is 0 Å². The van der Waals surface area contributed by atoms with E-state index in [1.165, 1.54) is 0 Å².